The Hall–Kier alpha value is 0.841. The first-order valence-electron chi connectivity index (χ1n) is 4.60. The molecule has 0 aliphatic heterocycles. The SMILES string of the molecule is CCCCOC(=O)OCCCC.[Ba+2].[H-].[H-]. The zero-order valence-corrected chi connectivity index (χ0v) is 13.1. The van der Waals surface area contributed by atoms with Gasteiger partial charge in [-0.2, -0.15) is 0 Å². The standard InChI is InChI=1S/C9H18O3.Ba.2H/c1-3-5-7-11-9(10)12-8-6-4-2;;;/h3-8H2,1-2H3;;;/q;+2;2*-1. The quantitative estimate of drug-likeness (QED) is 0.429. The predicted octanol–water partition coefficient (Wildman–Crippen LogP) is 2.58. The van der Waals surface area contributed by atoms with Crippen LogP contribution >= 0.6 is 0 Å². The van der Waals surface area contributed by atoms with Crippen LogP contribution in [-0.4, -0.2) is 68.3 Å². The van der Waals surface area contributed by atoms with Crippen LogP contribution in [0.25, 0.3) is 0 Å². The van der Waals surface area contributed by atoms with Gasteiger partial charge in [0, 0.05) is 0 Å². The Bertz CT molecular complexity index is 114. The van der Waals surface area contributed by atoms with Crippen LogP contribution in [0.1, 0.15) is 42.4 Å². The molecule has 13 heavy (non-hydrogen) atoms. The zero-order chi connectivity index (χ0) is 9.23. The third kappa shape index (κ3) is 12.8. The fourth-order valence-electron chi connectivity index (χ4n) is 0.641. The average molecular weight is 314 g/mol. The molecule has 0 rings (SSSR count). The van der Waals surface area contributed by atoms with Crippen LogP contribution in [0.2, 0.25) is 0 Å². The number of carbonyl (C=O) groups excluding carboxylic acids is 1. The van der Waals surface area contributed by atoms with E-state index in [1.807, 2.05) is 13.8 Å². The van der Waals surface area contributed by atoms with Gasteiger partial charge in [-0.25, -0.2) is 4.79 Å². The molecule has 0 aliphatic carbocycles. The summed E-state index contributed by atoms with van der Waals surface area (Å²) in [5.41, 5.74) is 0. The van der Waals surface area contributed by atoms with E-state index in [2.05, 4.69) is 0 Å². The van der Waals surface area contributed by atoms with Crippen molar-refractivity contribution < 1.29 is 17.1 Å². The fraction of sp³-hybridized carbons (Fsp3) is 0.889. The molecule has 0 saturated carbocycles. The maximum Gasteiger partial charge on any atom is 2.00 e. The third-order valence-corrected chi connectivity index (χ3v) is 1.44. The topological polar surface area (TPSA) is 35.5 Å². The largest absolute Gasteiger partial charge is 2.00 e. The molecule has 0 unspecified atom stereocenters. The molecule has 0 amide bonds. The van der Waals surface area contributed by atoms with E-state index in [9.17, 15) is 4.79 Å². The second-order valence-corrected chi connectivity index (χ2v) is 2.65. The second kappa shape index (κ2) is 12.8. The van der Waals surface area contributed by atoms with Crippen LogP contribution in [0, 0.1) is 0 Å². The molecule has 0 aromatic carbocycles. The molecule has 3 nitrogen and oxygen atoms in total. The van der Waals surface area contributed by atoms with Crippen LogP contribution in [0.5, 0.6) is 0 Å². The number of carbonyl (C=O) groups is 1. The maximum atomic E-state index is 10.7. The summed E-state index contributed by atoms with van der Waals surface area (Å²) in [6.45, 7) is 5.04. The van der Waals surface area contributed by atoms with Gasteiger partial charge >= 0.3 is 55.0 Å². The van der Waals surface area contributed by atoms with E-state index in [0.717, 1.165) is 25.7 Å². The molecule has 0 atom stereocenters. The molecular weight excluding hydrogens is 293 g/mol. The Morgan fingerprint density at radius 1 is 1.08 bits per heavy atom. The molecule has 0 spiro atoms. The molecule has 0 bridgehead atoms. The normalized spacial score (nSPS) is 8.77. The first-order valence-corrected chi connectivity index (χ1v) is 4.60. The van der Waals surface area contributed by atoms with Crippen molar-refractivity contribution in [1.29, 1.82) is 0 Å². The van der Waals surface area contributed by atoms with E-state index in [4.69, 9.17) is 9.47 Å². The number of rotatable bonds is 6. The molecule has 0 heterocycles. The molecule has 0 fully saturated rings. The van der Waals surface area contributed by atoms with Gasteiger partial charge in [-0.3, -0.25) is 0 Å². The average Bonchev–Trinajstić information content (AvgIpc) is 2.06. The number of unbranched alkanes of at least 4 members (excludes halogenated alkanes) is 2. The monoisotopic (exact) mass is 314 g/mol. The van der Waals surface area contributed by atoms with Crippen molar-refractivity contribution in [2.24, 2.45) is 0 Å². The van der Waals surface area contributed by atoms with Gasteiger partial charge in [0.1, 0.15) is 0 Å². The summed E-state index contributed by atoms with van der Waals surface area (Å²) in [5, 5.41) is 0. The van der Waals surface area contributed by atoms with Gasteiger partial charge in [-0.1, -0.05) is 26.7 Å². The van der Waals surface area contributed by atoms with Gasteiger partial charge in [0.2, 0.25) is 0 Å². The van der Waals surface area contributed by atoms with E-state index in [0.29, 0.717) is 13.2 Å². The van der Waals surface area contributed by atoms with E-state index in [1.54, 1.807) is 0 Å². The number of hydrogen-bond acceptors (Lipinski definition) is 3. The molecule has 0 aliphatic rings. The maximum absolute atomic E-state index is 10.7. The van der Waals surface area contributed by atoms with E-state index in [-0.39, 0.29) is 51.7 Å². The molecule has 0 saturated heterocycles. The minimum atomic E-state index is -0.531. The summed E-state index contributed by atoms with van der Waals surface area (Å²) in [6.07, 6.45) is 3.34. The minimum Gasteiger partial charge on any atom is -1.00 e. The van der Waals surface area contributed by atoms with Crippen molar-refractivity contribution in [3.05, 3.63) is 0 Å². The minimum absolute atomic E-state index is 0. The van der Waals surface area contributed by atoms with Gasteiger partial charge in [0.05, 0.1) is 13.2 Å². The first kappa shape index (κ1) is 16.3. The molecule has 0 aromatic rings. The van der Waals surface area contributed by atoms with Crippen molar-refractivity contribution in [2.75, 3.05) is 13.2 Å². The van der Waals surface area contributed by atoms with Crippen molar-refractivity contribution in [3.63, 3.8) is 0 Å². The Morgan fingerprint density at radius 3 is 1.77 bits per heavy atom. The molecule has 0 N–H and O–H groups in total. The predicted molar refractivity (Wildman–Crippen MR) is 55.1 cm³/mol. The Labute approximate surface area is 124 Å². The van der Waals surface area contributed by atoms with Gasteiger partial charge in [-0.15, -0.1) is 0 Å². The van der Waals surface area contributed by atoms with E-state index >= 15 is 0 Å². The molecule has 4 heteroatoms. The molecule has 0 aromatic heterocycles. The Balaban J connectivity index is -0.000000202. The molecule has 76 valence electrons. The Morgan fingerprint density at radius 2 is 1.46 bits per heavy atom. The summed E-state index contributed by atoms with van der Waals surface area (Å²) in [5.74, 6) is 0. The van der Waals surface area contributed by atoms with Crippen LogP contribution in [0.15, 0.2) is 0 Å². The van der Waals surface area contributed by atoms with Crippen molar-refractivity contribution in [3.8, 4) is 0 Å². The van der Waals surface area contributed by atoms with E-state index < -0.39 is 6.16 Å². The summed E-state index contributed by atoms with van der Waals surface area (Å²) in [4.78, 5) is 10.7. The van der Waals surface area contributed by atoms with Crippen LogP contribution < -0.4 is 0 Å². The summed E-state index contributed by atoms with van der Waals surface area (Å²) >= 11 is 0. The summed E-state index contributed by atoms with van der Waals surface area (Å²) in [6, 6.07) is 0. The van der Waals surface area contributed by atoms with Crippen molar-refractivity contribution in [1.82, 2.24) is 0 Å². The zero-order valence-electron chi connectivity index (χ0n) is 10.7. The van der Waals surface area contributed by atoms with Crippen molar-refractivity contribution in [2.45, 2.75) is 39.5 Å². The molecular formula is C9H20BaO3. The summed E-state index contributed by atoms with van der Waals surface area (Å²) < 4.78 is 9.54. The number of ether oxygens (including phenoxy) is 2. The second-order valence-electron chi connectivity index (χ2n) is 2.65. The smallest absolute Gasteiger partial charge is 1.00 e. The number of hydrogen-bond donors (Lipinski definition) is 0. The van der Waals surface area contributed by atoms with Gasteiger partial charge in [-0.05, 0) is 12.8 Å². The molecule has 0 radical (unpaired) electrons. The van der Waals surface area contributed by atoms with Crippen LogP contribution in [-0.2, 0) is 9.47 Å². The summed E-state index contributed by atoms with van der Waals surface area (Å²) in [7, 11) is 0. The first-order chi connectivity index (χ1) is 5.81. The van der Waals surface area contributed by atoms with E-state index in [1.165, 1.54) is 0 Å². The third-order valence-electron chi connectivity index (χ3n) is 1.44. The Kier molecular flexibility index (Phi) is 16.1. The van der Waals surface area contributed by atoms with Crippen LogP contribution in [0.4, 0.5) is 4.79 Å². The van der Waals surface area contributed by atoms with Gasteiger partial charge in [0.15, 0.2) is 0 Å². The van der Waals surface area contributed by atoms with Gasteiger partial charge in [0.25, 0.3) is 0 Å². The van der Waals surface area contributed by atoms with Crippen LogP contribution in [0.3, 0.4) is 0 Å². The van der Waals surface area contributed by atoms with Crippen molar-refractivity contribution >= 4 is 55.0 Å². The fourth-order valence-corrected chi connectivity index (χ4v) is 0.641. The van der Waals surface area contributed by atoms with Gasteiger partial charge < -0.3 is 12.3 Å².